The maximum absolute atomic E-state index is 11.7. The van der Waals surface area contributed by atoms with Gasteiger partial charge in [-0.05, 0) is 31.9 Å². The van der Waals surface area contributed by atoms with Crippen molar-refractivity contribution in [3.63, 3.8) is 0 Å². The molecule has 20 heavy (non-hydrogen) atoms. The number of hydrogen-bond acceptors (Lipinski definition) is 3. The molecule has 2 rings (SSSR count). The van der Waals surface area contributed by atoms with E-state index in [9.17, 15) is 9.59 Å². The lowest BCUT2D eigenvalue weighted by atomic mass is 9.69. The highest BCUT2D eigenvalue weighted by Gasteiger charge is 2.44. The number of rotatable bonds is 5. The lowest BCUT2D eigenvalue weighted by Crippen LogP contribution is -2.49. The fraction of sp³-hybridized carbons (Fsp3) is 0.500. The highest BCUT2D eigenvalue weighted by Crippen LogP contribution is 2.40. The monoisotopic (exact) mass is 277 g/mol. The maximum Gasteiger partial charge on any atom is 0.315 e. The van der Waals surface area contributed by atoms with Gasteiger partial charge in [0.2, 0.25) is 0 Å². The first-order valence-electron chi connectivity index (χ1n) is 6.69. The molecular formula is C14H19N3O3. The van der Waals surface area contributed by atoms with E-state index < -0.39 is 11.4 Å². The normalized spacial score (nSPS) is 16.1. The molecule has 0 aromatic carbocycles. The van der Waals surface area contributed by atoms with Crippen LogP contribution in [0, 0.1) is 12.3 Å². The van der Waals surface area contributed by atoms with Gasteiger partial charge in [0.25, 0.3) is 0 Å². The lowest BCUT2D eigenvalue weighted by Gasteiger charge is -2.37. The number of aryl methyl sites for hydroxylation is 1. The second kappa shape index (κ2) is 5.90. The number of urea groups is 1. The molecular weight excluding hydrogens is 258 g/mol. The Kier molecular flexibility index (Phi) is 4.22. The average Bonchev–Trinajstić information content (AvgIpc) is 2.34. The van der Waals surface area contributed by atoms with Crippen LogP contribution in [0.2, 0.25) is 0 Å². The summed E-state index contributed by atoms with van der Waals surface area (Å²) < 4.78 is 0. The van der Waals surface area contributed by atoms with E-state index >= 15 is 0 Å². The van der Waals surface area contributed by atoms with Gasteiger partial charge in [0.05, 0.1) is 17.7 Å². The number of nitrogens with zero attached hydrogens (tertiary/aromatic N) is 1. The Labute approximate surface area is 117 Å². The lowest BCUT2D eigenvalue weighted by molar-refractivity contribution is -0.153. The van der Waals surface area contributed by atoms with Crippen LogP contribution in [0.1, 0.15) is 30.7 Å². The Morgan fingerprint density at radius 2 is 2.10 bits per heavy atom. The molecule has 6 heteroatoms. The van der Waals surface area contributed by atoms with Crippen LogP contribution in [-0.2, 0) is 11.3 Å². The molecule has 0 radical (unpaired) electrons. The molecule has 0 aliphatic heterocycles. The summed E-state index contributed by atoms with van der Waals surface area (Å²) in [5.74, 6) is -0.829. The maximum atomic E-state index is 11.7. The van der Waals surface area contributed by atoms with Gasteiger partial charge < -0.3 is 15.7 Å². The van der Waals surface area contributed by atoms with Gasteiger partial charge in [0.15, 0.2) is 0 Å². The van der Waals surface area contributed by atoms with Gasteiger partial charge in [-0.2, -0.15) is 0 Å². The van der Waals surface area contributed by atoms with Crippen LogP contribution in [0.15, 0.2) is 18.2 Å². The van der Waals surface area contributed by atoms with Crippen molar-refractivity contribution in [3.05, 3.63) is 29.6 Å². The van der Waals surface area contributed by atoms with Crippen molar-refractivity contribution < 1.29 is 14.7 Å². The fourth-order valence-corrected chi connectivity index (χ4v) is 2.25. The van der Waals surface area contributed by atoms with E-state index in [-0.39, 0.29) is 12.6 Å². The molecule has 0 unspecified atom stereocenters. The molecule has 1 fully saturated rings. The van der Waals surface area contributed by atoms with Crippen molar-refractivity contribution in [2.24, 2.45) is 5.41 Å². The Hall–Kier alpha value is -2.11. The average molecular weight is 277 g/mol. The van der Waals surface area contributed by atoms with Gasteiger partial charge in [-0.25, -0.2) is 4.79 Å². The third-order valence-electron chi connectivity index (χ3n) is 3.73. The summed E-state index contributed by atoms with van der Waals surface area (Å²) in [7, 11) is 0. The zero-order valence-electron chi connectivity index (χ0n) is 11.5. The minimum Gasteiger partial charge on any atom is -0.481 e. The summed E-state index contributed by atoms with van der Waals surface area (Å²) in [6, 6.07) is 5.24. The van der Waals surface area contributed by atoms with Gasteiger partial charge in [0.1, 0.15) is 0 Å². The quantitative estimate of drug-likeness (QED) is 0.759. The van der Waals surface area contributed by atoms with Gasteiger partial charge in [-0.15, -0.1) is 0 Å². The molecule has 1 heterocycles. The molecule has 2 amide bonds. The van der Waals surface area contributed by atoms with E-state index in [4.69, 9.17) is 5.11 Å². The number of amides is 2. The smallest absolute Gasteiger partial charge is 0.315 e. The van der Waals surface area contributed by atoms with Crippen LogP contribution in [-0.4, -0.2) is 28.6 Å². The Morgan fingerprint density at radius 1 is 1.35 bits per heavy atom. The summed E-state index contributed by atoms with van der Waals surface area (Å²) in [6.45, 7) is 2.39. The zero-order valence-corrected chi connectivity index (χ0v) is 11.5. The summed E-state index contributed by atoms with van der Waals surface area (Å²) in [5, 5.41) is 14.5. The number of carbonyl (C=O) groups is 2. The first kappa shape index (κ1) is 14.3. The number of carboxylic acid groups (broad SMARTS) is 1. The molecule has 1 aromatic heterocycles. The van der Waals surface area contributed by atoms with Gasteiger partial charge >= 0.3 is 12.0 Å². The molecule has 0 atom stereocenters. The van der Waals surface area contributed by atoms with Crippen molar-refractivity contribution in [1.82, 2.24) is 15.6 Å². The summed E-state index contributed by atoms with van der Waals surface area (Å²) in [6.07, 6.45) is 2.16. The van der Waals surface area contributed by atoms with E-state index in [0.717, 1.165) is 17.8 Å². The first-order valence-corrected chi connectivity index (χ1v) is 6.69. The van der Waals surface area contributed by atoms with Crippen LogP contribution in [0.25, 0.3) is 0 Å². The second-order valence-electron chi connectivity index (χ2n) is 5.25. The molecule has 0 bridgehead atoms. The second-order valence-corrected chi connectivity index (χ2v) is 5.25. The van der Waals surface area contributed by atoms with Crippen LogP contribution < -0.4 is 10.6 Å². The van der Waals surface area contributed by atoms with Gasteiger partial charge in [0, 0.05) is 12.2 Å². The Morgan fingerprint density at radius 3 is 2.65 bits per heavy atom. The van der Waals surface area contributed by atoms with Gasteiger partial charge in [-0.3, -0.25) is 9.78 Å². The third-order valence-corrected chi connectivity index (χ3v) is 3.73. The van der Waals surface area contributed by atoms with E-state index in [1.807, 2.05) is 25.1 Å². The molecule has 0 saturated heterocycles. The van der Waals surface area contributed by atoms with E-state index in [1.165, 1.54) is 0 Å². The summed E-state index contributed by atoms with van der Waals surface area (Å²) in [4.78, 5) is 27.1. The van der Waals surface area contributed by atoms with Crippen molar-refractivity contribution in [2.45, 2.75) is 32.7 Å². The predicted molar refractivity (Wildman–Crippen MR) is 73.1 cm³/mol. The van der Waals surface area contributed by atoms with Crippen molar-refractivity contribution in [2.75, 3.05) is 6.54 Å². The number of hydrogen-bond donors (Lipinski definition) is 3. The minimum absolute atomic E-state index is 0.176. The molecule has 6 nitrogen and oxygen atoms in total. The SMILES string of the molecule is Cc1cccc(CNC(=O)NCC2(C(=O)O)CCC2)n1. The topological polar surface area (TPSA) is 91.3 Å². The fourth-order valence-electron chi connectivity index (χ4n) is 2.25. The molecule has 1 aliphatic rings. The predicted octanol–water partition coefficient (Wildman–Crippen LogP) is 1.44. The van der Waals surface area contributed by atoms with Crippen LogP contribution >= 0.6 is 0 Å². The molecule has 1 saturated carbocycles. The van der Waals surface area contributed by atoms with Crippen LogP contribution in [0.3, 0.4) is 0 Å². The minimum atomic E-state index is -0.829. The standard InChI is InChI=1S/C14H19N3O3/c1-10-4-2-5-11(17-10)8-15-13(20)16-9-14(12(18)19)6-3-7-14/h2,4-5H,3,6-9H2,1H3,(H,18,19)(H2,15,16,20). The largest absolute Gasteiger partial charge is 0.481 e. The van der Waals surface area contributed by atoms with Crippen molar-refractivity contribution in [3.8, 4) is 0 Å². The van der Waals surface area contributed by atoms with Crippen LogP contribution in [0.4, 0.5) is 4.79 Å². The van der Waals surface area contributed by atoms with E-state index in [2.05, 4.69) is 15.6 Å². The number of carbonyl (C=O) groups excluding carboxylic acids is 1. The summed E-state index contributed by atoms with van der Waals surface area (Å²) in [5.41, 5.74) is 0.902. The molecule has 108 valence electrons. The van der Waals surface area contributed by atoms with Crippen molar-refractivity contribution >= 4 is 12.0 Å². The molecule has 3 N–H and O–H groups in total. The first-order chi connectivity index (χ1) is 9.52. The number of pyridine rings is 1. The highest BCUT2D eigenvalue weighted by molar-refractivity contribution is 5.78. The Bertz CT molecular complexity index is 512. The van der Waals surface area contributed by atoms with E-state index in [0.29, 0.717) is 19.4 Å². The number of carboxylic acids is 1. The molecule has 1 aliphatic carbocycles. The zero-order chi connectivity index (χ0) is 14.6. The van der Waals surface area contributed by atoms with Gasteiger partial charge in [-0.1, -0.05) is 12.5 Å². The van der Waals surface area contributed by atoms with E-state index in [1.54, 1.807) is 0 Å². The highest BCUT2D eigenvalue weighted by atomic mass is 16.4. The Balaban J connectivity index is 1.77. The molecule has 1 aromatic rings. The summed E-state index contributed by atoms with van der Waals surface area (Å²) >= 11 is 0. The number of aliphatic carboxylic acids is 1. The number of nitrogens with one attached hydrogen (secondary N) is 2. The van der Waals surface area contributed by atoms with Crippen LogP contribution in [0.5, 0.6) is 0 Å². The van der Waals surface area contributed by atoms with Crippen molar-refractivity contribution in [1.29, 1.82) is 0 Å². The number of aromatic nitrogens is 1. The molecule has 0 spiro atoms. The third kappa shape index (κ3) is 3.26.